The first-order valence-electron chi connectivity index (χ1n) is 9.72. The molecule has 0 aromatic heterocycles. The summed E-state index contributed by atoms with van der Waals surface area (Å²) < 4.78 is 25.0. The summed E-state index contributed by atoms with van der Waals surface area (Å²) in [4.78, 5) is 12.6. The monoisotopic (exact) mass is 395 g/mol. The van der Waals surface area contributed by atoms with Crippen LogP contribution >= 0.6 is 0 Å². The number of hydrogen-bond acceptors (Lipinski definition) is 5. The third-order valence-corrected chi connectivity index (χ3v) is 6.15. The van der Waals surface area contributed by atoms with Gasteiger partial charge in [-0.3, -0.25) is 10.1 Å². The Labute approximate surface area is 161 Å². The van der Waals surface area contributed by atoms with E-state index in [-0.39, 0.29) is 10.6 Å². The van der Waals surface area contributed by atoms with Crippen molar-refractivity contribution in [3.8, 4) is 0 Å². The van der Waals surface area contributed by atoms with E-state index in [4.69, 9.17) is 0 Å². The van der Waals surface area contributed by atoms with Gasteiger partial charge in [-0.15, -0.1) is 0 Å². The molecule has 1 fully saturated rings. The van der Waals surface area contributed by atoms with Gasteiger partial charge in [-0.25, -0.2) is 4.83 Å². The fourth-order valence-electron chi connectivity index (χ4n) is 3.26. The van der Waals surface area contributed by atoms with Gasteiger partial charge in [0.15, 0.2) is 0 Å². The average Bonchev–Trinajstić information content (AvgIpc) is 2.61. The molecule has 27 heavy (non-hydrogen) atoms. The van der Waals surface area contributed by atoms with E-state index in [1.54, 1.807) is 6.92 Å². The lowest BCUT2D eigenvalue weighted by atomic mass is 10.00. The predicted molar refractivity (Wildman–Crippen MR) is 106 cm³/mol. The van der Waals surface area contributed by atoms with Crippen LogP contribution in [0.15, 0.2) is 28.2 Å². The van der Waals surface area contributed by atoms with E-state index in [1.807, 2.05) is 0 Å². The molecule has 0 bridgehead atoms. The van der Waals surface area contributed by atoms with Crippen molar-refractivity contribution in [3.05, 3.63) is 33.9 Å². The predicted octanol–water partition coefficient (Wildman–Crippen LogP) is 4.84. The van der Waals surface area contributed by atoms with Crippen LogP contribution in [0.2, 0.25) is 0 Å². The zero-order valence-corrected chi connectivity index (χ0v) is 16.8. The number of nitrogens with zero attached hydrogens (tertiary/aromatic N) is 2. The molecule has 1 saturated carbocycles. The summed E-state index contributed by atoms with van der Waals surface area (Å²) in [6, 6.07) is 3.89. The quantitative estimate of drug-likeness (QED) is 0.582. The molecule has 2 rings (SSSR count). The maximum Gasteiger partial charge on any atom is 0.276 e. The first kappa shape index (κ1) is 21.3. The fourth-order valence-corrected chi connectivity index (χ4v) is 4.13. The van der Waals surface area contributed by atoms with Gasteiger partial charge in [0.1, 0.15) is 0 Å². The van der Waals surface area contributed by atoms with Crippen LogP contribution in [-0.2, 0) is 10.0 Å². The van der Waals surface area contributed by atoms with Crippen molar-refractivity contribution in [2.24, 2.45) is 5.10 Å². The van der Waals surface area contributed by atoms with Crippen molar-refractivity contribution in [2.45, 2.75) is 82.4 Å². The van der Waals surface area contributed by atoms with Gasteiger partial charge in [-0.1, -0.05) is 51.0 Å². The van der Waals surface area contributed by atoms with E-state index in [2.05, 4.69) is 9.93 Å². The van der Waals surface area contributed by atoms with Crippen LogP contribution in [-0.4, -0.2) is 19.1 Å². The third kappa shape index (κ3) is 6.93. The van der Waals surface area contributed by atoms with Crippen LogP contribution in [0.1, 0.15) is 76.2 Å². The first-order valence-corrected chi connectivity index (χ1v) is 11.2. The van der Waals surface area contributed by atoms with Crippen molar-refractivity contribution in [2.75, 3.05) is 0 Å². The largest absolute Gasteiger partial charge is 0.276 e. The zero-order valence-electron chi connectivity index (χ0n) is 15.9. The number of hydrogen-bond donors (Lipinski definition) is 1. The van der Waals surface area contributed by atoms with Gasteiger partial charge in [0, 0.05) is 17.3 Å². The topological polar surface area (TPSA) is 102 Å². The molecular weight excluding hydrogens is 366 g/mol. The summed E-state index contributed by atoms with van der Waals surface area (Å²) in [6.07, 6.45) is 12.1. The average molecular weight is 396 g/mol. The Balaban J connectivity index is 2.09. The lowest BCUT2D eigenvalue weighted by Crippen LogP contribution is -2.20. The number of nitrogens with one attached hydrogen (secondary N) is 1. The van der Waals surface area contributed by atoms with Gasteiger partial charge in [0.2, 0.25) is 0 Å². The van der Waals surface area contributed by atoms with E-state index in [0.29, 0.717) is 5.56 Å². The lowest BCUT2D eigenvalue weighted by molar-refractivity contribution is -0.385. The molecule has 1 aliphatic carbocycles. The Hall–Kier alpha value is -1.96. The van der Waals surface area contributed by atoms with E-state index in [1.165, 1.54) is 44.2 Å². The number of nitro benzene ring substituents is 1. The number of aryl methyl sites for hydroxylation is 1. The van der Waals surface area contributed by atoms with Crippen molar-refractivity contribution in [1.29, 1.82) is 0 Å². The van der Waals surface area contributed by atoms with Gasteiger partial charge in [-0.05, 0) is 38.7 Å². The third-order valence-electron chi connectivity index (χ3n) is 4.94. The molecule has 7 nitrogen and oxygen atoms in total. The summed E-state index contributed by atoms with van der Waals surface area (Å²) in [5.41, 5.74) is 1.07. The Bertz CT molecular complexity index is 761. The second kappa shape index (κ2) is 10.4. The number of rotatable bonds is 4. The molecule has 0 heterocycles. The SMILES string of the molecule is Cc1ccc(S(=O)(=O)NN=C2CCCCCCCCCCC2)cc1[N+](=O)[O-]. The molecule has 1 aromatic rings. The van der Waals surface area contributed by atoms with Crippen LogP contribution in [0.3, 0.4) is 0 Å². The molecule has 1 aromatic carbocycles. The molecule has 0 amide bonds. The van der Waals surface area contributed by atoms with Gasteiger partial charge >= 0.3 is 0 Å². The van der Waals surface area contributed by atoms with E-state index in [9.17, 15) is 18.5 Å². The molecule has 1 N–H and O–H groups in total. The highest BCUT2D eigenvalue weighted by atomic mass is 32.2. The highest BCUT2D eigenvalue weighted by molar-refractivity contribution is 7.89. The highest BCUT2D eigenvalue weighted by Crippen LogP contribution is 2.22. The minimum atomic E-state index is -3.92. The summed E-state index contributed by atoms with van der Waals surface area (Å²) >= 11 is 0. The number of hydrazone groups is 1. The van der Waals surface area contributed by atoms with Gasteiger partial charge in [0.25, 0.3) is 15.7 Å². The molecule has 150 valence electrons. The second-order valence-corrected chi connectivity index (χ2v) is 8.82. The Morgan fingerprint density at radius 1 is 0.963 bits per heavy atom. The molecule has 1 aliphatic rings. The second-order valence-electron chi connectivity index (χ2n) is 7.16. The number of nitro groups is 1. The smallest absolute Gasteiger partial charge is 0.258 e. The normalized spacial score (nSPS) is 17.4. The lowest BCUT2D eigenvalue weighted by Gasteiger charge is -2.10. The zero-order chi connectivity index (χ0) is 19.7. The van der Waals surface area contributed by atoms with E-state index in [0.717, 1.165) is 50.3 Å². The number of benzene rings is 1. The minimum absolute atomic E-state index is 0.141. The van der Waals surface area contributed by atoms with Crippen molar-refractivity contribution < 1.29 is 13.3 Å². The van der Waals surface area contributed by atoms with Crippen LogP contribution in [0, 0.1) is 17.0 Å². The number of sulfonamides is 1. The Morgan fingerprint density at radius 3 is 2.00 bits per heavy atom. The summed E-state index contributed by atoms with van der Waals surface area (Å²) in [5.74, 6) is 0. The molecule has 0 spiro atoms. The first-order chi connectivity index (χ1) is 12.9. The molecule has 0 saturated heterocycles. The summed E-state index contributed by atoms with van der Waals surface area (Å²) in [6.45, 7) is 1.58. The standard InChI is InChI=1S/C19H29N3O4S/c1-16-13-14-18(15-19(16)22(23)24)27(25,26)21-20-17-11-9-7-5-3-2-4-6-8-10-12-17/h13-15,21H,2-12H2,1H3. The molecule has 0 aliphatic heterocycles. The molecule has 8 heteroatoms. The van der Waals surface area contributed by atoms with Crippen LogP contribution < -0.4 is 4.83 Å². The van der Waals surface area contributed by atoms with Gasteiger partial charge < -0.3 is 0 Å². The minimum Gasteiger partial charge on any atom is -0.258 e. The van der Waals surface area contributed by atoms with E-state index < -0.39 is 14.9 Å². The van der Waals surface area contributed by atoms with Gasteiger partial charge in [0.05, 0.1) is 9.82 Å². The van der Waals surface area contributed by atoms with Gasteiger partial charge in [-0.2, -0.15) is 13.5 Å². The fraction of sp³-hybridized carbons (Fsp3) is 0.632. The summed E-state index contributed by atoms with van der Waals surface area (Å²) in [5, 5.41) is 15.2. The van der Waals surface area contributed by atoms with Crippen LogP contribution in [0.4, 0.5) is 5.69 Å². The maximum atomic E-state index is 12.5. The Kier molecular flexibility index (Phi) is 8.22. The molecular formula is C19H29N3O4S. The van der Waals surface area contributed by atoms with Crippen molar-refractivity contribution >= 4 is 21.4 Å². The highest BCUT2D eigenvalue weighted by Gasteiger charge is 2.19. The molecule has 0 unspecified atom stereocenters. The Morgan fingerprint density at radius 2 is 1.48 bits per heavy atom. The molecule has 0 radical (unpaired) electrons. The van der Waals surface area contributed by atoms with Crippen LogP contribution in [0.25, 0.3) is 0 Å². The summed E-state index contributed by atoms with van der Waals surface area (Å²) in [7, 11) is -3.92. The van der Waals surface area contributed by atoms with Crippen molar-refractivity contribution in [3.63, 3.8) is 0 Å². The molecule has 0 atom stereocenters. The van der Waals surface area contributed by atoms with E-state index >= 15 is 0 Å². The maximum absolute atomic E-state index is 12.5. The van der Waals surface area contributed by atoms with Crippen molar-refractivity contribution in [1.82, 2.24) is 4.83 Å². The van der Waals surface area contributed by atoms with Crippen LogP contribution in [0.5, 0.6) is 0 Å².